The molecule has 0 aliphatic rings. The van der Waals surface area contributed by atoms with E-state index in [0.717, 1.165) is 18.4 Å². The van der Waals surface area contributed by atoms with Crippen LogP contribution in [0, 0.1) is 0 Å². The number of nitrogens with zero attached hydrogens (tertiary/aromatic N) is 2. The second kappa shape index (κ2) is 10.9. The molecule has 6 nitrogen and oxygen atoms in total. The molecule has 0 spiro atoms. The van der Waals surface area contributed by atoms with E-state index in [1.165, 1.54) is 5.56 Å². The smallest absolute Gasteiger partial charge is 0.270 e. The van der Waals surface area contributed by atoms with Crippen molar-refractivity contribution < 1.29 is 9.53 Å². The van der Waals surface area contributed by atoms with E-state index in [1.54, 1.807) is 13.2 Å². The fourth-order valence-corrected chi connectivity index (χ4v) is 2.86. The molecular formula is C23H26N4O2. The maximum absolute atomic E-state index is 12.6. The maximum Gasteiger partial charge on any atom is 0.270 e. The van der Waals surface area contributed by atoms with Crippen LogP contribution in [-0.2, 0) is 11.2 Å². The molecular weight excluding hydrogens is 364 g/mol. The lowest BCUT2D eigenvalue weighted by molar-refractivity contribution is 0.0943. The summed E-state index contributed by atoms with van der Waals surface area (Å²) in [4.78, 5) is 21.6. The summed E-state index contributed by atoms with van der Waals surface area (Å²) in [5.41, 5.74) is 2.46. The highest BCUT2D eigenvalue weighted by Crippen LogP contribution is 2.18. The van der Waals surface area contributed by atoms with Gasteiger partial charge in [-0.15, -0.1) is 0 Å². The fraction of sp³-hybridized carbons (Fsp3) is 0.261. The number of methoxy groups -OCH3 is 1. The molecule has 3 rings (SSSR count). The largest absolute Gasteiger partial charge is 0.385 e. The Morgan fingerprint density at radius 1 is 0.966 bits per heavy atom. The zero-order valence-electron chi connectivity index (χ0n) is 16.6. The zero-order valence-corrected chi connectivity index (χ0v) is 16.6. The molecule has 150 valence electrons. The first-order valence-corrected chi connectivity index (χ1v) is 9.75. The quantitative estimate of drug-likeness (QED) is 0.518. The second-order valence-corrected chi connectivity index (χ2v) is 6.59. The molecule has 1 heterocycles. The molecule has 0 saturated heterocycles. The molecule has 3 aromatic rings. The average molecular weight is 390 g/mol. The predicted molar refractivity (Wildman–Crippen MR) is 115 cm³/mol. The number of ether oxygens (including phenoxy) is 1. The van der Waals surface area contributed by atoms with Crippen molar-refractivity contribution >= 4 is 11.7 Å². The number of amides is 1. The lowest BCUT2D eigenvalue weighted by atomic mass is 10.1. The summed E-state index contributed by atoms with van der Waals surface area (Å²) < 4.78 is 5.02. The Morgan fingerprint density at radius 2 is 1.69 bits per heavy atom. The van der Waals surface area contributed by atoms with Crippen LogP contribution in [0.3, 0.4) is 0 Å². The van der Waals surface area contributed by atoms with Gasteiger partial charge in [-0.1, -0.05) is 60.7 Å². The van der Waals surface area contributed by atoms with E-state index in [9.17, 15) is 4.79 Å². The SMILES string of the molecule is COCCCNC(=O)c1cc(NCCc2ccccc2)nc(-c2ccccc2)n1. The van der Waals surface area contributed by atoms with Crippen molar-refractivity contribution in [1.29, 1.82) is 0 Å². The number of carbonyl (C=O) groups is 1. The van der Waals surface area contributed by atoms with Crippen LogP contribution in [0.15, 0.2) is 66.7 Å². The lowest BCUT2D eigenvalue weighted by Gasteiger charge is -2.11. The van der Waals surface area contributed by atoms with Crippen LogP contribution in [0.2, 0.25) is 0 Å². The number of rotatable bonds is 10. The van der Waals surface area contributed by atoms with Crippen molar-refractivity contribution in [3.8, 4) is 11.4 Å². The minimum atomic E-state index is -0.216. The van der Waals surface area contributed by atoms with Crippen LogP contribution >= 0.6 is 0 Å². The van der Waals surface area contributed by atoms with E-state index < -0.39 is 0 Å². The topological polar surface area (TPSA) is 76.1 Å². The monoisotopic (exact) mass is 390 g/mol. The lowest BCUT2D eigenvalue weighted by Crippen LogP contribution is -2.26. The van der Waals surface area contributed by atoms with E-state index in [4.69, 9.17) is 4.74 Å². The molecule has 0 saturated carbocycles. The van der Waals surface area contributed by atoms with Crippen molar-refractivity contribution in [3.63, 3.8) is 0 Å². The number of benzene rings is 2. The first-order chi connectivity index (χ1) is 14.3. The first kappa shape index (κ1) is 20.5. The normalized spacial score (nSPS) is 10.5. The van der Waals surface area contributed by atoms with Crippen LogP contribution in [0.1, 0.15) is 22.5 Å². The van der Waals surface area contributed by atoms with Gasteiger partial charge in [0, 0.05) is 38.4 Å². The molecule has 0 bridgehead atoms. The molecule has 0 aliphatic carbocycles. The zero-order chi connectivity index (χ0) is 20.3. The first-order valence-electron chi connectivity index (χ1n) is 9.75. The minimum Gasteiger partial charge on any atom is -0.385 e. The summed E-state index contributed by atoms with van der Waals surface area (Å²) in [7, 11) is 1.64. The highest BCUT2D eigenvalue weighted by molar-refractivity contribution is 5.93. The van der Waals surface area contributed by atoms with Gasteiger partial charge in [0.1, 0.15) is 11.5 Å². The van der Waals surface area contributed by atoms with E-state index in [2.05, 4.69) is 32.7 Å². The molecule has 0 fully saturated rings. The predicted octanol–water partition coefficient (Wildman–Crippen LogP) is 3.56. The van der Waals surface area contributed by atoms with Gasteiger partial charge in [0.2, 0.25) is 0 Å². The van der Waals surface area contributed by atoms with Crippen molar-refractivity contribution in [2.24, 2.45) is 0 Å². The summed E-state index contributed by atoms with van der Waals surface area (Å²) in [5.74, 6) is 0.945. The summed E-state index contributed by atoms with van der Waals surface area (Å²) in [6.45, 7) is 1.85. The number of hydrogen-bond acceptors (Lipinski definition) is 5. The highest BCUT2D eigenvalue weighted by Gasteiger charge is 2.13. The number of aromatic nitrogens is 2. The Hall–Kier alpha value is -3.25. The summed E-state index contributed by atoms with van der Waals surface area (Å²) in [6, 6.07) is 21.6. The van der Waals surface area contributed by atoms with Gasteiger partial charge in [-0.3, -0.25) is 4.79 Å². The fourth-order valence-electron chi connectivity index (χ4n) is 2.86. The number of carbonyl (C=O) groups excluding carboxylic acids is 1. The Morgan fingerprint density at radius 3 is 2.41 bits per heavy atom. The van der Waals surface area contributed by atoms with Gasteiger partial charge < -0.3 is 15.4 Å². The van der Waals surface area contributed by atoms with Gasteiger partial charge in [0.05, 0.1) is 0 Å². The standard InChI is InChI=1S/C23H26N4O2/c1-29-16-8-14-25-23(28)20-17-21(24-15-13-18-9-4-2-5-10-18)27-22(26-20)19-11-6-3-7-12-19/h2-7,9-12,17H,8,13-16H2,1H3,(H,25,28)(H,24,26,27). The van der Waals surface area contributed by atoms with E-state index in [0.29, 0.717) is 37.0 Å². The van der Waals surface area contributed by atoms with Gasteiger partial charge in [-0.05, 0) is 18.4 Å². The molecule has 2 aromatic carbocycles. The van der Waals surface area contributed by atoms with Crippen molar-refractivity contribution in [1.82, 2.24) is 15.3 Å². The van der Waals surface area contributed by atoms with Gasteiger partial charge in [-0.2, -0.15) is 0 Å². The van der Waals surface area contributed by atoms with Gasteiger partial charge in [0.15, 0.2) is 5.82 Å². The molecule has 0 aliphatic heterocycles. The molecule has 29 heavy (non-hydrogen) atoms. The molecule has 2 N–H and O–H groups in total. The molecule has 0 radical (unpaired) electrons. The molecule has 0 atom stereocenters. The summed E-state index contributed by atoms with van der Waals surface area (Å²) >= 11 is 0. The molecule has 6 heteroatoms. The number of hydrogen-bond donors (Lipinski definition) is 2. The van der Waals surface area contributed by atoms with Gasteiger partial charge in [-0.25, -0.2) is 9.97 Å². The van der Waals surface area contributed by atoms with E-state index in [1.807, 2.05) is 48.5 Å². The Balaban J connectivity index is 1.74. The third kappa shape index (κ3) is 6.40. The summed E-state index contributed by atoms with van der Waals surface area (Å²) in [6.07, 6.45) is 1.62. The highest BCUT2D eigenvalue weighted by atomic mass is 16.5. The van der Waals surface area contributed by atoms with Crippen molar-refractivity contribution in [2.75, 3.05) is 32.1 Å². The van der Waals surface area contributed by atoms with Gasteiger partial charge >= 0.3 is 0 Å². The van der Waals surface area contributed by atoms with Crippen molar-refractivity contribution in [3.05, 3.63) is 78.0 Å². The molecule has 0 unspecified atom stereocenters. The van der Waals surface area contributed by atoms with Crippen LogP contribution in [0.25, 0.3) is 11.4 Å². The Bertz CT molecular complexity index is 901. The van der Waals surface area contributed by atoms with Gasteiger partial charge in [0.25, 0.3) is 5.91 Å². The van der Waals surface area contributed by atoms with Crippen LogP contribution < -0.4 is 10.6 Å². The third-order valence-corrected chi connectivity index (χ3v) is 4.36. The van der Waals surface area contributed by atoms with Crippen LogP contribution in [-0.4, -0.2) is 42.7 Å². The van der Waals surface area contributed by atoms with Crippen LogP contribution in [0.4, 0.5) is 5.82 Å². The minimum absolute atomic E-state index is 0.216. The average Bonchev–Trinajstić information content (AvgIpc) is 2.78. The van der Waals surface area contributed by atoms with Crippen LogP contribution in [0.5, 0.6) is 0 Å². The number of nitrogens with one attached hydrogen (secondary N) is 2. The Labute approximate surface area is 171 Å². The summed E-state index contributed by atoms with van der Waals surface area (Å²) in [5, 5.41) is 6.21. The Kier molecular flexibility index (Phi) is 7.72. The maximum atomic E-state index is 12.6. The van der Waals surface area contributed by atoms with E-state index in [-0.39, 0.29) is 5.91 Å². The third-order valence-electron chi connectivity index (χ3n) is 4.36. The molecule has 1 aromatic heterocycles. The van der Waals surface area contributed by atoms with Crippen molar-refractivity contribution in [2.45, 2.75) is 12.8 Å². The molecule has 1 amide bonds. The second-order valence-electron chi connectivity index (χ2n) is 6.59. The van der Waals surface area contributed by atoms with E-state index >= 15 is 0 Å². The number of anilines is 1.